The Morgan fingerprint density at radius 3 is 2.31 bits per heavy atom. The fourth-order valence-electron chi connectivity index (χ4n) is 1.96. The maximum Gasteiger partial charge on any atom is 0.244 e. The zero-order valence-corrected chi connectivity index (χ0v) is 7.43. The molecule has 1 N–H and O–H groups in total. The minimum Gasteiger partial charge on any atom is -0.372 e. The maximum absolute atomic E-state index is 11.4. The van der Waals surface area contributed by atoms with Crippen molar-refractivity contribution in [2.24, 2.45) is 0 Å². The number of fused-ring (bicyclic) bond motifs is 1. The number of hydrazine groups is 1. The van der Waals surface area contributed by atoms with Crippen LogP contribution in [0.2, 0.25) is 0 Å². The van der Waals surface area contributed by atoms with Crippen LogP contribution in [0.15, 0.2) is 0 Å². The molecule has 0 saturated carbocycles. The summed E-state index contributed by atoms with van der Waals surface area (Å²) < 4.78 is 0. The summed E-state index contributed by atoms with van der Waals surface area (Å²) in [4.78, 5) is 22.7. The smallest absolute Gasteiger partial charge is 0.244 e. The summed E-state index contributed by atoms with van der Waals surface area (Å²) in [5.74, 6) is -0.222. The molecule has 0 aromatic carbocycles. The average Bonchev–Trinajstić information content (AvgIpc) is 2.36. The molecule has 2 aliphatic heterocycles. The van der Waals surface area contributed by atoms with Crippen LogP contribution in [0.1, 0.15) is 26.2 Å². The molecule has 2 atom stereocenters. The van der Waals surface area contributed by atoms with E-state index in [0.29, 0.717) is 6.42 Å². The van der Waals surface area contributed by atoms with Crippen LogP contribution in [-0.2, 0) is 9.59 Å². The zero-order valence-electron chi connectivity index (χ0n) is 7.43. The molecule has 2 fully saturated rings. The highest BCUT2D eigenvalue weighted by atomic mass is 16.3. The van der Waals surface area contributed by atoms with Crippen molar-refractivity contribution in [2.45, 2.75) is 38.5 Å². The quantitative estimate of drug-likeness (QED) is 0.550. The van der Waals surface area contributed by atoms with Gasteiger partial charge in [-0.2, -0.15) is 0 Å². The molecule has 0 aromatic rings. The second kappa shape index (κ2) is 2.70. The van der Waals surface area contributed by atoms with Crippen LogP contribution in [0.4, 0.5) is 0 Å². The van der Waals surface area contributed by atoms with E-state index in [1.165, 1.54) is 10.0 Å². The number of amides is 2. The average molecular weight is 184 g/mol. The molecular formula is C8H12N2O3. The van der Waals surface area contributed by atoms with E-state index in [1.54, 1.807) is 0 Å². The summed E-state index contributed by atoms with van der Waals surface area (Å²) in [7, 11) is 0. The summed E-state index contributed by atoms with van der Waals surface area (Å²) in [5.41, 5.74) is 0. The Kier molecular flexibility index (Phi) is 1.76. The topological polar surface area (TPSA) is 60.9 Å². The predicted molar refractivity (Wildman–Crippen MR) is 43.0 cm³/mol. The number of rotatable bonds is 0. The molecule has 2 aliphatic rings. The molecule has 2 saturated heterocycles. The standard InChI is InChI=1S/C8H12N2O3/c1-5-4-8(13)10-7(12)3-2-6(11)9(5)10/h5,8,13H,2-4H2,1H3. The van der Waals surface area contributed by atoms with Crippen LogP contribution < -0.4 is 0 Å². The van der Waals surface area contributed by atoms with E-state index in [9.17, 15) is 14.7 Å². The van der Waals surface area contributed by atoms with Crippen molar-refractivity contribution in [1.82, 2.24) is 10.0 Å². The van der Waals surface area contributed by atoms with Crippen LogP contribution in [0.25, 0.3) is 0 Å². The van der Waals surface area contributed by atoms with E-state index in [4.69, 9.17) is 0 Å². The van der Waals surface area contributed by atoms with Crippen LogP contribution in [0.5, 0.6) is 0 Å². The van der Waals surface area contributed by atoms with Gasteiger partial charge in [0, 0.05) is 19.3 Å². The van der Waals surface area contributed by atoms with E-state index in [1.807, 2.05) is 6.92 Å². The molecule has 0 bridgehead atoms. The second-order valence-electron chi connectivity index (χ2n) is 3.54. The van der Waals surface area contributed by atoms with Gasteiger partial charge >= 0.3 is 0 Å². The molecular weight excluding hydrogens is 172 g/mol. The van der Waals surface area contributed by atoms with Gasteiger partial charge in [-0.3, -0.25) is 9.59 Å². The molecule has 72 valence electrons. The van der Waals surface area contributed by atoms with Crippen molar-refractivity contribution >= 4 is 11.8 Å². The van der Waals surface area contributed by atoms with Crippen LogP contribution in [-0.4, -0.2) is 39.2 Å². The minimum absolute atomic E-state index is 0.0632. The van der Waals surface area contributed by atoms with Gasteiger partial charge in [-0.15, -0.1) is 0 Å². The highest BCUT2D eigenvalue weighted by Crippen LogP contribution is 2.28. The van der Waals surface area contributed by atoms with Crippen LogP contribution in [0, 0.1) is 0 Å². The summed E-state index contributed by atoms with van der Waals surface area (Å²) in [5, 5.41) is 12.1. The number of aliphatic hydroxyl groups excluding tert-OH is 1. The third-order valence-electron chi connectivity index (χ3n) is 2.55. The first-order valence-electron chi connectivity index (χ1n) is 4.43. The van der Waals surface area contributed by atoms with Gasteiger partial charge in [0.1, 0.15) is 0 Å². The molecule has 0 aromatic heterocycles. The predicted octanol–water partition coefficient (Wildman–Crippen LogP) is -0.537. The van der Waals surface area contributed by atoms with E-state index in [0.717, 1.165) is 0 Å². The number of hydrogen-bond donors (Lipinski definition) is 1. The van der Waals surface area contributed by atoms with Gasteiger partial charge < -0.3 is 5.11 Å². The van der Waals surface area contributed by atoms with Crippen LogP contribution >= 0.6 is 0 Å². The number of hydrogen-bond acceptors (Lipinski definition) is 3. The monoisotopic (exact) mass is 184 g/mol. The highest BCUT2D eigenvalue weighted by Gasteiger charge is 2.44. The Hall–Kier alpha value is -1.10. The van der Waals surface area contributed by atoms with E-state index >= 15 is 0 Å². The Balaban J connectivity index is 2.29. The Morgan fingerprint density at radius 2 is 1.77 bits per heavy atom. The number of carbonyl (C=O) groups excluding carboxylic acids is 2. The van der Waals surface area contributed by atoms with Crippen LogP contribution in [0.3, 0.4) is 0 Å². The summed E-state index contributed by atoms with van der Waals surface area (Å²) in [6.45, 7) is 1.83. The molecule has 13 heavy (non-hydrogen) atoms. The number of aliphatic hydroxyl groups is 1. The fraction of sp³-hybridized carbons (Fsp3) is 0.750. The van der Waals surface area contributed by atoms with E-state index < -0.39 is 6.23 Å². The SMILES string of the molecule is CC1CC(O)N2C(=O)CCC(=O)N12. The van der Waals surface area contributed by atoms with Crippen molar-refractivity contribution < 1.29 is 14.7 Å². The summed E-state index contributed by atoms with van der Waals surface area (Å²) in [6, 6.07) is -0.0632. The minimum atomic E-state index is -0.813. The molecule has 0 aliphatic carbocycles. The lowest BCUT2D eigenvalue weighted by Crippen LogP contribution is -2.53. The first kappa shape index (κ1) is 8.50. The summed E-state index contributed by atoms with van der Waals surface area (Å²) >= 11 is 0. The van der Waals surface area contributed by atoms with Crippen molar-refractivity contribution in [3.05, 3.63) is 0 Å². The Labute approximate surface area is 75.9 Å². The highest BCUT2D eigenvalue weighted by molar-refractivity contribution is 5.90. The van der Waals surface area contributed by atoms with Gasteiger partial charge in [0.05, 0.1) is 6.04 Å². The molecule has 2 unspecified atom stereocenters. The molecule has 0 radical (unpaired) electrons. The molecule has 5 nitrogen and oxygen atoms in total. The molecule has 2 amide bonds. The van der Waals surface area contributed by atoms with Crippen molar-refractivity contribution in [3.63, 3.8) is 0 Å². The van der Waals surface area contributed by atoms with Crippen molar-refractivity contribution in [2.75, 3.05) is 0 Å². The van der Waals surface area contributed by atoms with Gasteiger partial charge in [0.2, 0.25) is 11.8 Å². The lowest BCUT2D eigenvalue weighted by atomic mass is 10.2. The Morgan fingerprint density at radius 1 is 1.23 bits per heavy atom. The largest absolute Gasteiger partial charge is 0.372 e. The van der Waals surface area contributed by atoms with Gasteiger partial charge in [0.25, 0.3) is 0 Å². The van der Waals surface area contributed by atoms with E-state index in [-0.39, 0.29) is 30.7 Å². The number of nitrogens with zero attached hydrogens (tertiary/aromatic N) is 2. The van der Waals surface area contributed by atoms with Crippen molar-refractivity contribution in [1.29, 1.82) is 0 Å². The second-order valence-corrected chi connectivity index (χ2v) is 3.54. The van der Waals surface area contributed by atoms with Gasteiger partial charge in [-0.05, 0) is 6.92 Å². The first-order chi connectivity index (χ1) is 6.11. The van der Waals surface area contributed by atoms with Crippen molar-refractivity contribution in [3.8, 4) is 0 Å². The number of carbonyl (C=O) groups is 2. The fourth-order valence-corrected chi connectivity index (χ4v) is 1.96. The summed E-state index contributed by atoms with van der Waals surface area (Å²) in [6.07, 6.45) is 0.134. The molecule has 0 spiro atoms. The first-order valence-corrected chi connectivity index (χ1v) is 4.43. The van der Waals surface area contributed by atoms with Gasteiger partial charge in [-0.1, -0.05) is 0 Å². The lowest BCUT2D eigenvalue weighted by Gasteiger charge is -2.35. The van der Waals surface area contributed by atoms with Gasteiger partial charge in [0.15, 0.2) is 6.23 Å². The zero-order chi connectivity index (χ0) is 9.59. The molecule has 5 heteroatoms. The normalized spacial score (nSPS) is 34.0. The Bertz CT molecular complexity index is 240. The molecule has 2 rings (SSSR count). The maximum atomic E-state index is 11.4. The third-order valence-corrected chi connectivity index (χ3v) is 2.55. The third kappa shape index (κ3) is 1.11. The lowest BCUT2D eigenvalue weighted by molar-refractivity contribution is -0.180. The van der Waals surface area contributed by atoms with Gasteiger partial charge in [-0.25, -0.2) is 10.0 Å². The van der Waals surface area contributed by atoms with E-state index in [2.05, 4.69) is 0 Å². The molecule has 2 heterocycles.